The van der Waals surface area contributed by atoms with Gasteiger partial charge in [-0.1, -0.05) is 12.1 Å². The molecule has 0 radical (unpaired) electrons. The maximum atomic E-state index is 14.0. The summed E-state index contributed by atoms with van der Waals surface area (Å²) in [4.78, 5) is 18.6. The van der Waals surface area contributed by atoms with Crippen molar-refractivity contribution in [1.82, 2.24) is 9.88 Å². The summed E-state index contributed by atoms with van der Waals surface area (Å²) >= 11 is 3.27. The lowest BCUT2D eigenvalue weighted by molar-refractivity contribution is 0.0729. The number of amides is 1. The minimum atomic E-state index is -0.494. The van der Waals surface area contributed by atoms with Crippen LogP contribution >= 0.6 is 15.9 Å². The Balaban J connectivity index is 1.94. The van der Waals surface area contributed by atoms with Gasteiger partial charge >= 0.3 is 0 Å². The summed E-state index contributed by atoms with van der Waals surface area (Å²) in [5, 5.41) is 0. The fraction of sp³-hybridized carbons (Fsp3) is 0.250. The SMILES string of the molecule is O=C(c1c(F)cccc1Br)N1CCCC1c1cccnc1. The van der Waals surface area contributed by atoms with Crippen molar-refractivity contribution in [3.8, 4) is 0 Å². The Morgan fingerprint density at radius 3 is 2.90 bits per heavy atom. The van der Waals surface area contributed by atoms with Crippen LogP contribution in [0.1, 0.15) is 34.8 Å². The number of nitrogens with zero attached hydrogens (tertiary/aromatic N) is 2. The van der Waals surface area contributed by atoms with E-state index in [-0.39, 0.29) is 17.5 Å². The van der Waals surface area contributed by atoms with Crippen LogP contribution in [0.15, 0.2) is 47.2 Å². The van der Waals surface area contributed by atoms with E-state index >= 15 is 0 Å². The maximum Gasteiger partial charge on any atom is 0.258 e. The first-order valence-corrected chi connectivity index (χ1v) is 7.62. The van der Waals surface area contributed by atoms with Crippen LogP contribution in [0.4, 0.5) is 4.39 Å². The number of hydrogen-bond donors (Lipinski definition) is 0. The predicted octanol–water partition coefficient (Wildman–Crippen LogP) is 3.96. The fourth-order valence-corrected chi connectivity index (χ4v) is 3.29. The molecule has 1 aromatic heterocycles. The molecule has 0 N–H and O–H groups in total. The van der Waals surface area contributed by atoms with E-state index in [1.165, 1.54) is 6.07 Å². The van der Waals surface area contributed by atoms with Crippen LogP contribution in [0.5, 0.6) is 0 Å². The Morgan fingerprint density at radius 2 is 2.19 bits per heavy atom. The van der Waals surface area contributed by atoms with E-state index in [2.05, 4.69) is 20.9 Å². The van der Waals surface area contributed by atoms with Crippen LogP contribution in [-0.4, -0.2) is 22.3 Å². The van der Waals surface area contributed by atoms with Gasteiger partial charge in [0.25, 0.3) is 5.91 Å². The molecule has 5 heteroatoms. The van der Waals surface area contributed by atoms with E-state index in [0.717, 1.165) is 18.4 Å². The minimum absolute atomic E-state index is 0.0299. The van der Waals surface area contributed by atoms with Gasteiger partial charge in [0.05, 0.1) is 11.6 Å². The predicted molar refractivity (Wildman–Crippen MR) is 81.3 cm³/mol. The Kier molecular flexibility index (Phi) is 4.01. The van der Waals surface area contributed by atoms with Crippen molar-refractivity contribution in [2.45, 2.75) is 18.9 Å². The molecule has 21 heavy (non-hydrogen) atoms. The lowest BCUT2D eigenvalue weighted by Gasteiger charge is -2.25. The van der Waals surface area contributed by atoms with Crippen LogP contribution < -0.4 is 0 Å². The molecule has 1 amide bonds. The molecule has 1 aliphatic heterocycles. The second kappa shape index (κ2) is 5.93. The lowest BCUT2D eigenvalue weighted by Crippen LogP contribution is -2.31. The summed E-state index contributed by atoms with van der Waals surface area (Å²) in [7, 11) is 0. The Bertz CT molecular complexity index is 642. The van der Waals surface area contributed by atoms with Crippen molar-refractivity contribution in [1.29, 1.82) is 0 Å². The molecular weight excluding hydrogens is 335 g/mol. The maximum absolute atomic E-state index is 14.0. The molecule has 1 fully saturated rings. The van der Waals surface area contributed by atoms with Crippen molar-refractivity contribution < 1.29 is 9.18 Å². The molecule has 1 atom stereocenters. The van der Waals surface area contributed by atoms with Crippen LogP contribution in [0.2, 0.25) is 0 Å². The molecule has 2 heterocycles. The zero-order chi connectivity index (χ0) is 14.8. The number of aromatic nitrogens is 1. The van der Waals surface area contributed by atoms with Crippen molar-refractivity contribution in [3.05, 3.63) is 64.1 Å². The number of halogens is 2. The van der Waals surface area contributed by atoms with Gasteiger partial charge in [-0.05, 0) is 52.5 Å². The van der Waals surface area contributed by atoms with E-state index in [4.69, 9.17) is 0 Å². The number of benzene rings is 1. The smallest absolute Gasteiger partial charge is 0.258 e. The molecule has 0 bridgehead atoms. The third-order valence-corrected chi connectivity index (χ3v) is 4.42. The molecule has 108 valence electrons. The van der Waals surface area contributed by atoms with Gasteiger partial charge in [-0.3, -0.25) is 9.78 Å². The summed E-state index contributed by atoms with van der Waals surface area (Å²) in [6.07, 6.45) is 5.27. The average Bonchev–Trinajstić information content (AvgIpc) is 2.97. The number of carbonyl (C=O) groups is 1. The van der Waals surface area contributed by atoms with Gasteiger partial charge in [-0.2, -0.15) is 0 Å². The molecule has 0 aliphatic carbocycles. The highest BCUT2D eigenvalue weighted by atomic mass is 79.9. The van der Waals surface area contributed by atoms with Crippen LogP contribution in [-0.2, 0) is 0 Å². The number of hydrogen-bond acceptors (Lipinski definition) is 2. The Morgan fingerprint density at radius 1 is 1.33 bits per heavy atom. The van der Waals surface area contributed by atoms with Crippen molar-refractivity contribution in [3.63, 3.8) is 0 Å². The Labute approximate surface area is 130 Å². The summed E-state index contributed by atoms with van der Waals surface area (Å²) in [5.41, 5.74) is 1.10. The van der Waals surface area contributed by atoms with Gasteiger partial charge in [0.15, 0.2) is 0 Å². The Hall–Kier alpha value is -1.75. The van der Waals surface area contributed by atoms with Crippen molar-refractivity contribution >= 4 is 21.8 Å². The molecule has 3 rings (SSSR count). The van der Waals surface area contributed by atoms with Crippen LogP contribution in [0.3, 0.4) is 0 Å². The first-order chi connectivity index (χ1) is 10.2. The van der Waals surface area contributed by atoms with Gasteiger partial charge in [-0.25, -0.2) is 4.39 Å². The third-order valence-electron chi connectivity index (χ3n) is 3.76. The van der Waals surface area contributed by atoms with Crippen molar-refractivity contribution in [2.75, 3.05) is 6.54 Å². The highest BCUT2D eigenvalue weighted by Crippen LogP contribution is 2.34. The fourth-order valence-electron chi connectivity index (χ4n) is 2.78. The second-order valence-electron chi connectivity index (χ2n) is 5.04. The molecule has 1 aromatic carbocycles. The first kappa shape index (κ1) is 14.2. The second-order valence-corrected chi connectivity index (χ2v) is 5.89. The van der Waals surface area contributed by atoms with E-state index in [1.54, 1.807) is 29.4 Å². The largest absolute Gasteiger partial charge is 0.331 e. The normalized spacial score (nSPS) is 18.0. The number of pyridine rings is 1. The van der Waals surface area contributed by atoms with E-state index in [0.29, 0.717) is 11.0 Å². The zero-order valence-electron chi connectivity index (χ0n) is 11.3. The average molecular weight is 349 g/mol. The molecule has 1 saturated heterocycles. The molecule has 2 aromatic rings. The number of likely N-dealkylation sites (tertiary alicyclic amines) is 1. The van der Waals surface area contributed by atoms with Crippen LogP contribution in [0.25, 0.3) is 0 Å². The van der Waals surface area contributed by atoms with Gasteiger partial charge in [0.2, 0.25) is 0 Å². The van der Waals surface area contributed by atoms with Gasteiger partial charge in [-0.15, -0.1) is 0 Å². The van der Waals surface area contributed by atoms with E-state index in [1.807, 2.05) is 12.1 Å². The van der Waals surface area contributed by atoms with Crippen LogP contribution in [0, 0.1) is 5.82 Å². The molecule has 1 aliphatic rings. The first-order valence-electron chi connectivity index (χ1n) is 6.83. The molecule has 3 nitrogen and oxygen atoms in total. The summed E-state index contributed by atoms with van der Waals surface area (Å²) in [6.45, 7) is 0.638. The van der Waals surface area contributed by atoms with Gasteiger partial charge in [0.1, 0.15) is 5.82 Å². The van der Waals surface area contributed by atoms with Gasteiger partial charge in [0, 0.05) is 23.4 Å². The zero-order valence-corrected chi connectivity index (χ0v) is 12.9. The highest BCUT2D eigenvalue weighted by Gasteiger charge is 2.32. The monoisotopic (exact) mass is 348 g/mol. The van der Waals surface area contributed by atoms with Gasteiger partial charge < -0.3 is 4.90 Å². The summed E-state index contributed by atoms with van der Waals surface area (Å²) in [5.74, 6) is -0.766. The summed E-state index contributed by atoms with van der Waals surface area (Å²) in [6, 6.07) is 8.37. The molecule has 1 unspecified atom stereocenters. The van der Waals surface area contributed by atoms with E-state index in [9.17, 15) is 9.18 Å². The standard InChI is InChI=1S/C16H14BrFN2O/c17-12-5-1-6-13(18)15(12)16(21)20-9-3-7-14(20)11-4-2-8-19-10-11/h1-2,4-6,8,10,14H,3,7,9H2. The topological polar surface area (TPSA) is 33.2 Å². The lowest BCUT2D eigenvalue weighted by atomic mass is 10.1. The van der Waals surface area contributed by atoms with Crippen molar-refractivity contribution in [2.24, 2.45) is 0 Å². The highest BCUT2D eigenvalue weighted by molar-refractivity contribution is 9.10. The molecule has 0 spiro atoms. The number of rotatable bonds is 2. The molecule has 0 saturated carbocycles. The minimum Gasteiger partial charge on any atom is -0.331 e. The summed E-state index contributed by atoms with van der Waals surface area (Å²) < 4.78 is 14.5. The third kappa shape index (κ3) is 2.70. The molecular formula is C16H14BrFN2O. The number of carbonyl (C=O) groups excluding carboxylic acids is 1. The quantitative estimate of drug-likeness (QED) is 0.822. The van der Waals surface area contributed by atoms with E-state index < -0.39 is 5.82 Å².